The summed E-state index contributed by atoms with van der Waals surface area (Å²) in [6, 6.07) is 8.33. The number of carbonyl (C=O) groups is 1. The summed E-state index contributed by atoms with van der Waals surface area (Å²) in [6.07, 6.45) is 3.33. The van der Waals surface area contributed by atoms with Crippen molar-refractivity contribution in [2.75, 3.05) is 19.0 Å². The average Bonchev–Trinajstić information content (AvgIpc) is 3.14. The van der Waals surface area contributed by atoms with E-state index in [9.17, 15) is 9.90 Å². The first kappa shape index (κ1) is 21.4. The van der Waals surface area contributed by atoms with E-state index in [4.69, 9.17) is 9.72 Å². The van der Waals surface area contributed by atoms with Crippen LogP contribution in [-0.2, 0) is 0 Å². The van der Waals surface area contributed by atoms with E-state index in [-0.39, 0.29) is 5.54 Å². The molecule has 0 spiro atoms. The van der Waals surface area contributed by atoms with Crippen LogP contribution in [-0.4, -0.2) is 46.3 Å². The fourth-order valence-electron chi connectivity index (χ4n) is 3.80. The van der Waals surface area contributed by atoms with E-state index in [0.29, 0.717) is 18.5 Å². The Morgan fingerprint density at radius 3 is 2.45 bits per heavy atom. The second-order valence-electron chi connectivity index (χ2n) is 8.69. The van der Waals surface area contributed by atoms with Crippen LogP contribution in [0, 0.1) is 5.92 Å². The lowest BCUT2D eigenvalue weighted by Gasteiger charge is -2.38. The van der Waals surface area contributed by atoms with Gasteiger partial charge in [0, 0.05) is 29.1 Å². The minimum atomic E-state index is -0.827. The fourth-order valence-corrected chi connectivity index (χ4v) is 4.59. The number of ether oxygens (including phenoxy) is 1. The molecule has 2 aromatic rings. The minimum Gasteiger partial charge on any atom is -0.497 e. The topological polar surface area (TPSA) is 74.7 Å². The van der Waals surface area contributed by atoms with Crippen LogP contribution in [0.25, 0.3) is 11.3 Å². The smallest absolute Gasteiger partial charge is 0.407 e. The molecule has 0 radical (unpaired) electrons. The predicted octanol–water partition coefficient (Wildman–Crippen LogP) is 5.57. The van der Waals surface area contributed by atoms with Crippen LogP contribution in [0.2, 0.25) is 0 Å². The summed E-state index contributed by atoms with van der Waals surface area (Å²) in [7, 11) is 1.66. The van der Waals surface area contributed by atoms with Crippen LogP contribution in [0.5, 0.6) is 5.75 Å². The number of nitrogens with one attached hydrogen (secondary N) is 1. The van der Waals surface area contributed by atoms with Crippen LogP contribution in [0.4, 0.5) is 9.93 Å². The van der Waals surface area contributed by atoms with Gasteiger partial charge in [-0.1, -0.05) is 0 Å². The van der Waals surface area contributed by atoms with Gasteiger partial charge in [-0.15, -0.1) is 11.3 Å². The predicted molar refractivity (Wildman–Crippen MR) is 118 cm³/mol. The van der Waals surface area contributed by atoms with E-state index < -0.39 is 6.09 Å². The Kier molecular flexibility index (Phi) is 6.67. The van der Waals surface area contributed by atoms with Crippen molar-refractivity contribution in [1.29, 1.82) is 0 Å². The summed E-state index contributed by atoms with van der Waals surface area (Å²) < 4.78 is 5.21. The molecule has 1 aliphatic rings. The Bertz CT molecular complexity index is 805. The monoisotopic (exact) mass is 417 g/mol. The molecule has 29 heavy (non-hydrogen) atoms. The highest BCUT2D eigenvalue weighted by atomic mass is 32.1. The molecule has 1 saturated carbocycles. The van der Waals surface area contributed by atoms with Gasteiger partial charge >= 0.3 is 6.09 Å². The van der Waals surface area contributed by atoms with Gasteiger partial charge in [0.2, 0.25) is 0 Å². The number of nitrogens with zero attached hydrogens (tertiary/aromatic N) is 2. The van der Waals surface area contributed by atoms with Crippen LogP contribution in [0.15, 0.2) is 29.6 Å². The maximum Gasteiger partial charge on any atom is 0.407 e. The average molecular weight is 418 g/mol. The molecule has 0 saturated heterocycles. The third kappa shape index (κ3) is 5.63. The summed E-state index contributed by atoms with van der Waals surface area (Å²) in [5.74, 6) is 1.27. The first-order chi connectivity index (χ1) is 13.8. The zero-order valence-corrected chi connectivity index (χ0v) is 18.5. The van der Waals surface area contributed by atoms with Crippen molar-refractivity contribution < 1.29 is 14.6 Å². The summed E-state index contributed by atoms with van der Waals surface area (Å²) >= 11 is 1.63. The van der Waals surface area contributed by atoms with Crippen molar-refractivity contribution in [3.05, 3.63) is 29.6 Å². The molecule has 0 aliphatic heterocycles. The molecule has 1 aromatic heterocycles. The van der Waals surface area contributed by atoms with Gasteiger partial charge in [-0.3, -0.25) is 0 Å². The molecule has 1 heterocycles. The molecular formula is C22H31N3O3S. The molecule has 7 heteroatoms. The molecule has 1 aliphatic carbocycles. The maximum atomic E-state index is 11.6. The van der Waals surface area contributed by atoms with Crippen LogP contribution in [0.3, 0.4) is 0 Å². The number of methoxy groups -OCH3 is 1. The number of hydrogen-bond acceptors (Lipinski definition) is 5. The Morgan fingerprint density at radius 2 is 1.90 bits per heavy atom. The quantitative estimate of drug-likeness (QED) is 0.643. The van der Waals surface area contributed by atoms with E-state index in [1.54, 1.807) is 23.3 Å². The van der Waals surface area contributed by atoms with E-state index in [2.05, 4.69) is 10.7 Å². The molecule has 1 fully saturated rings. The van der Waals surface area contributed by atoms with E-state index in [1.165, 1.54) is 0 Å². The van der Waals surface area contributed by atoms with Gasteiger partial charge in [-0.25, -0.2) is 9.78 Å². The molecule has 1 amide bonds. The molecule has 0 atom stereocenters. The maximum absolute atomic E-state index is 11.6. The van der Waals surface area contributed by atoms with E-state index in [1.807, 2.05) is 45.0 Å². The third-order valence-corrected chi connectivity index (χ3v) is 6.32. The number of rotatable bonds is 6. The second kappa shape index (κ2) is 9.03. The van der Waals surface area contributed by atoms with Crippen LogP contribution in [0.1, 0.15) is 46.5 Å². The Hall–Kier alpha value is -2.28. The summed E-state index contributed by atoms with van der Waals surface area (Å²) in [5, 5.41) is 16.1. The Labute approximate surface area is 176 Å². The van der Waals surface area contributed by atoms with Crippen molar-refractivity contribution in [2.45, 2.75) is 58.0 Å². The molecule has 1 aromatic carbocycles. The molecule has 0 unspecified atom stereocenters. The number of aromatic nitrogens is 1. The molecule has 2 N–H and O–H groups in total. The standard InChI is InChI=1S/C22H31N3O3S/c1-22(2,3)25(21(26)27)13-15-5-9-17(10-6-15)23-20-24-19(14-29-20)16-7-11-18(28-4)12-8-16/h7-8,11-12,14-15,17H,5-6,9-10,13H2,1-4H3,(H,23,24)(H,26,27). The fraction of sp³-hybridized carbons (Fsp3) is 0.545. The van der Waals surface area contributed by atoms with Crippen molar-refractivity contribution in [1.82, 2.24) is 9.88 Å². The first-order valence-electron chi connectivity index (χ1n) is 10.1. The number of anilines is 1. The van der Waals surface area contributed by atoms with Gasteiger partial charge in [0.05, 0.1) is 12.8 Å². The van der Waals surface area contributed by atoms with E-state index in [0.717, 1.165) is 47.8 Å². The molecule has 6 nitrogen and oxygen atoms in total. The van der Waals surface area contributed by atoms with Gasteiger partial charge in [-0.05, 0) is 76.6 Å². The second-order valence-corrected chi connectivity index (χ2v) is 9.55. The summed E-state index contributed by atoms with van der Waals surface area (Å²) in [6.45, 7) is 6.48. The molecule has 0 bridgehead atoms. The van der Waals surface area contributed by atoms with Gasteiger partial charge in [0.15, 0.2) is 5.13 Å². The summed E-state index contributed by atoms with van der Waals surface area (Å²) in [4.78, 5) is 17.9. The number of benzene rings is 1. The number of amides is 1. The van der Waals surface area contributed by atoms with Crippen molar-refractivity contribution in [3.63, 3.8) is 0 Å². The zero-order chi connectivity index (χ0) is 21.0. The highest BCUT2D eigenvalue weighted by molar-refractivity contribution is 7.14. The largest absolute Gasteiger partial charge is 0.497 e. The highest BCUT2D eigenvalue weighted by Gasteiger charge is 2.30. The van der Waals surface area contributed by atoms with Crippen molar-refractivity contribution >= 4 is 22.6 Å². The lowest BCUT2D eigenvalue weighted by molar-refractivity contribution is 0.0826. The third-order valence-electron chi connectivity index (χ3n) is 5.55. The normalized spacial score (nSPS) is 19.6. The molecule has 158 valence electrons. The van der Waals surface area contributed by atoms with Crippen LogP contribution >= 0.6 is 11.3 Å². The number of thiazole rings is 1. The minimum absolute atomic E-state index is 0.361. The van der Waals surface area contributed by atoms with Gasteiger partial charge in [-0.2, -0.15) is 0 Å². The van der Waals surface area contributed by atoms with E-state index >= 15 is 0 Å². The van der Waals surface area contributed by atoms with Gasteiger partial charge in [0.25, 0.3) is 0 Å². The van der Waals surface area contributed by atoms with Gasteiger partial charge in [0.1, 0.15) is 5.75 Å². The lowest BCUT2D eigenvalue weighted by Crippen LogP contribution is -2.48. The van der Waals surface area contributed by atoms with Gasteiger partial charge < -0.3 is 20.1 Å². The van der Waals surface area contributed by atoms with Crippen LogP contribution < -0.4 is 10.1 Å². The zero-order valence-electron chi connectivity index (χ0n) is 17.6. The Balaban J connectivity index is 1.52. The number of hydrogen-bond donors (Lipinski definition) is 2. The molecule has 3 rings (SSSR count). The lowest BCUT2D eigenvalue weighted by atomic mass is 9.85. The van der Waals surface area contributed by atoms with Crippen molar-refractivity contribution in [3.8, 4) is 17.0 Å². The Morgan fingerprint density at radius 1 is 1.24 bits per heavy atom. The highest BCUT2D eigenvalue weighted by Crippen LogP contribution is 2.31. The van der Waals surface area contributed by atoms with Crippen molar-refractivity contribution in [2.24, 2.45) is 5.92 Å². The molecular weight excluding hydrogens is 386 g/mol. The number of carboxylic acid groups (broad SMARTS) is 1. The summed E-state index contributed by atoms with van der Waals surface area (Å²) in [5.41, 5.74) is 1.69. The first-order valence-corrected chi connectivity index (χ1v) is 11.0. The SMILES string of the molecule is COc1ccc(-c2csc(NC3CCC(CN(C(=O)O)C(C)(C)C)CC3)n2)cc1.